The van der Waals surface area contributed by atoms with E-state index in [-0.39, 0.29) is 0 Å². The van der Waals surface area contributed by atoms with Crippen molar-refractivity contribution in [3.63, 3.8) is 0 Å². The third kappa shape index (κ3) is 7.50. The van der Waals surface area contributed by atoms with Crippen LogP contribution in [-0.2, 0) is 4.84 Å². The van der Waals surface area contributed by atoms with Crippen LogP contribution in [-0.4, -0.2) is 0 Å². The highest BCUT2D eigenvalue weighted by Crippen LogP contribution is 2.05. The Balaban J connectivity index is 0. The van der Waals surface area contributed by atoms with Gasteiger partial charge >= 0.3 is 0 Å². The Morgan fingerprint density at radius 3 is 1.90 bits per heavy atom. The molecule has 0 aromatic carbocycles. The molecule has 0 fully saturated rings. The van der Waals surface area contributed by atoms with Crippen molar-refractivity contribution in [1.29, 1.82) is 0 Å². The fourth-order valence-corrected chi connectivity index (χ4v) is 0.243. The molecule has 0 saturated heterocycles. The van der Waals surface area contributed by atoms with Gasteiger partial charge in [-0.3, -0.25) is 0 Å². The van der Waals surface area contributed by atoms with Crippen LogP contribution >= 0.6 is 0 Å². The van der Waals surface area contributed by atoms with Crippen molar-refractivity contribution < 1.29 is 4.84 Å². The Morgan fingerprint density at radius 2 is 1.80 bits per heavy atom. The van der Waals surface area contributed by atoms with Gasteiger partial charge in [0.15, 0.2) is 0 Å². The summed E-state index contributed by atoms with van der Waals surface area (Å²) in [6.07, 6.45) is 1.56. The van der Waals surface area contributed by atoms with Crippen LogP contribution < -0.4 is 5.90 Å². The van der Waals surface area contributed by atoms with Gasteiger partial charge in [-0.05, 0) is 18.4 Å². The molecule has 0 bridgehead atoms. The summed E-state index contributed by atoms with van der Waals surface area (Å²) in [6, 6.07) is 0. The minimum Gasteiger partial charge on any atom is -0.419 e. The third-order valence-corrected chi connectivity index (χ3v) is 1.16. The number of nitrogens with two attached hydrogens (primary N) is 1. The Morgan fingerprint density at radius 1 is 1.40 bits per heavy atom. The molecular weight excluding hydrogens is 126 g/mol. The minimum absolute atomic E-state index is 0.526. The largest absolute Gasteiger partial charge is 0.419 e. The van der Waals surface area contributed by atoms with E-state index in [9.17, 15) is 0 Å². The van der Waals surface area contributed by atoms with Crippen molar-refractivity contribution in [3.8, 4) is 0 Å². The van der Waals surface area contributed by atoms with E-state index in [1.54, 1.807) is 6.26 Å². The molecule has 10 heavy (non-hydrogen) atoms. The number of hydrogen-bond acceptors (Lipinski definition) is 2. The molecule has 2 heteroatoms. The van der Waals surface area contributed by atoms with E-state index in [0.29, 0.717) is 5.92 Å². The zero-order valence-corrected chi connectivity index (χ0v) is 7.64. The molecule has 0 unspecified atom stereocenters. The maximum atomic E-state index is 4.79. The summed E-state index contributed by atoms with van der Waals surface area (Å²) in [5, 5.41) is 0. The van der Waals surface area contributed by atoms with Gasteiger partial charge in [-0.25, -0.2) is 0 Å². The highest BCUT2D eigenvalue weighted by atomic mass is 16.6. The average molecular weight is 145 g/mol. The van der Waals surface area contributed by atoms with E-state index in [0.717, 1.165) is 5.57 Å². The molecule has 0 rings (SSSR count). The van der Waals surface area contributed by atoms with Crippen LogP contribution in [0, 0.1) is 5.92 Å². The molecule has 0 aliphatic rings. The van der Waals surface area contributed by atoms with Gasteiger partial charge in [-0.15, -0.1) is 0 Å². The summed E-state index contributed by atoms with van der Waals surface area (Å²) >= 11 is 0. The molecule has 62 valence electrons. The Labute approximate surface area is 64.0 Å². The fourth-order valence-electron chi connectivity index (χ4n) is 0.243. The normalized spacial score (nSPS) is 10.5. The first-order valence-electron chi connectivity index (χ1n) is 3.70. The Bertz CT molecular complexity index is 87.3. The van der Waals surface area contributed by atoms with Gasteiger partial charge in [0.25, 0.3) is 0 Å². The lowest BCUT2D eigenvalue weighted by Crippen LogP contribution is -1.94. The van der Waals surface area contributed by atoms with Crippen molar-refractivity contribution >= 4 is 0 Å². The predicted molar refractivity (Wildman–Crippen MR) is 45.2 cm³/mol. The van der Waals surface area contributed by atoms with Crippen molar-refractivity contribution in [2.45, 2.75) is 34.6 Å². The van der Waals surface area contributed by atoms with E-state index in [4.69, 9.17) is 5.90 Å². The Kier molecular flexibility index (Phi) is 10.4. The molecule has 2 nitrogen and oxygen atoms in total. The molecular formula is C8H19NO. The minimum atomic E-state index is 0.526. The van der Waals surface area contributed by atoms with E-state index in [2.05, 4.69) is 18.7 Å². The maximum absolute atomic E-state index is 4.79. The van der Waals surface area contributed by atoms with Crippen LogP contribution in [0.4, 0.5) is 0 Å². The second-order valence-electron chi connectivity index (χ2n) is 2.15. The molecule has 2 N–H and O–H groups in total. The monoisotopic (exact) mass is 145 g/mol. The molecule has 0 aliphatic carbocycles. The van der Waals surface area contributed by atoms with Crippen molar-refractivity contribution in [3.05, 3.63) is 11.8 Å². The summed E-state index contributed by atoms with van der Waals surface area (Å²) in [6.45, 7) is 10.2. The summed E-state index contributed by atoms with van der Waals surface area (Å²) in [5.74, 6) is 5.32. The third-order valence-electron chi connectivity index (χ3n) is 1.16. The van der Waals surface area contributed by atoms with Gasteiger partial charge in [0.05, 0.1) is 0 Å². The van der Waals surface area contributed by atoms with Gasteiger partial charge in [0.1, 0.15) is 6.26 Å². The van der Waals surface area contributed by atoms with Gasteiger partial charge in [0, 0.05) is 0 Å². The number of allylic oxidation sites excluding steroid dienone is 1. The Hall–Kier alpha value is -0.500. The molecule has 0 aromatic heterocycles. The fraction of sp³-hybridized carbons (Fsp3) is 0.750. The molecule has 0 aromatic rings. The van der Waals surface area contributed by atoms with E-state index >= 15 is 0 Å². The van der Waals surface area contributed by atoms with Crippen molar-refractivity contribution in [2.24, 2.45) is 11.8 Å². The smallest absolute Gasteiger partial charge is 0.110 e. The van der Waals surface area contributed by atoms with Gasteiger partial charge in [-0.2, -0.15) is 5.90 Å². The molecule has 0 spiro atoms. The lowest BCUT2D eigenvalue weighted by Gasteiger charge is -2.01. The summed E-state index contributed by atoms with van der Waals surface area (Å²) in [7, 11) is 0. The highest BCUT2D eigenvalue weighted by Gasteiger charge is 1.93. The van der Waals surface area contributed by atoms with Crippen LogP contribution in [0.3, 0.4) is 0 Å². The SMILES string of the molecule is C/C(=C\ON)C(C)C.CC. The molecule has 0 aliphatic heterocycles. The average Bonchev–Trinajstić information content (AvgIpc) is 1.93. The number of hydrogen-bond donors (Lipinski definition) is 1. The predicted octanol–water partition coefficient (Wildman–Crippen LogP) is 2.46. The first-order valence-corrected chi connectivity index (χ1v) is 3.70. The first-order chi connectivity index (χ1) is 4.68. The van der Waals surface area contributed by atoms with Gasteiger partial charge in [0.2, 0.25) is 0 Å². The van der Waals surface area contributed by atoms with Crippen molar-refractivity contribution in [1.82, 2.24) is 0 Å². The van der Waals surface area contributed by atoms with Crippen LogP contribution in [0.15, 0.2) is 11.8 Å². The van der Waals surface area contributed by atoms with E-state index < -0.39 is 0 Å². The van der Waals surface area contributed by atoms with Gasteiger partial charge in [-0.1, -0.05) is 27.7 Å². The van der Waals surface area contributed by atoms with Crippen molar-refractivity contribution in [2.75, 3.05) is 0 Å². The van der Waals surface area contributed by atoms with Crippen LogP contribution in [0.25, 0.3) is 0 Å². The maximum Gasteiger partial charge on any atom is 0.110 e. The second-order valence-corrected chi connectivity index (χ2v) is 2.15. The number of rotatable bonds is 2. The molecule has 0 amide bonds. The molecule has 0 radical (unpaired) electrons. The van der Waals surface area contributed by atoms with E-state index in [1.807, 2.05) is 20.8 Å². The lowest BCUT2D eigenvalue weighted by atomic mass is 10.1. The van der Waals surface area contributed by atoms with Crippen LogP contribution in [0.1, 0.15) is 34.6 Å². The quantitative estimate of drug-likeness (QED) is 0.478. The summed E-state index contributed by atoms with van der Waals surface area (Å²) in [5.41, 5.74) is 1.16. The van der Waals surface area contributed by atoms with Crippen LogP contribution in [0.5, 0.6) is 0 Å². The van der Waals surface area contributed by atoms with Crippen LogP contribution in [0.2, 0.25) is 0 Å². The van der Waals surface area contributed by atoms with Gasteiger partial charge < -0.3 is 4.84 Å². The zero-order valence-electron chi connectivity index (χ0n) is 7.64. The highest BCUT2D eigenvalue weighted by molar-refractivity contribution is 4.95. The summed E-state index contributed by atoms with van der Waals surface area (Å²) in [4.78, 5) is 4.30. The zero-order chi connectivity index (χ0) is 8.57. The first kappa shape index (κ1) is 12.2. The molecule has 0 saturated carbocycles. The topological polar surface area (TPSA) is 35.2 Å². The standard InChI is InChI=1S/C6H13NO.C2H6/c1-5(2)6(3)4-8-7;1-2/h4-5H,7H2,1-3H3;1-2H3/b6-4+;. The lowest BCUT2D eigenvalue weighted by molar-refractivity contribution is 0.255. The molecule has 0 heterocycles. The second kappa shape index (κ2) is 8.50. The summed E-state index contributed by atoms with van der Waals surface area (Å²) < 4.78 is 0. The molecule has 0 atom stereocenters. The van der Waals surface area contributed by atoms with E-state index in [1.165, 1.54) is 0 Å².